The Labute approximate surface area is 108 Å². The minimum Gasteiger partial charge on any atom is -0.480 e. The molecule has 1 aromatic rings. The minimum absolute atomic E-state index is 0.511. The highest BCUT2D eigenvalue weighted by Crippen LogP contribution is 2.15. The summed E-state index contributed by atoms with van der Waals surface area (Å²) in [7, 11) is 0. The molecule has 18 heavy (non-hydrogen) atoms. The van der Waals surface area contributed by atoms with Crippen molar-refractivity contribution in [1.82, 2.24) is 15.1 Å². The molecule has 1 atom stereocenters. The van der Waals surface area contributed by atoms with Gasteiger partial charge in [0.15, 0.2) is 0 Å². The van der Waals surface area contributed by atoms with E-state index in [4.69, 9.17) is 0 Å². The van der Waals surface area contributed by atoms with Gasteiger partial charge in [-0.25, -0.2) is 0 Å². The zero-order valence-corrected chi connectivity index (χ0v) is 11.9. The first kappa shape index (κ1) is 14.7. The van der Waals surface area contributed by atoms with E-state index in [-0.39, 0.29) is 0 Å². The van der Waals surface area contributed by atoms with Crippen LogP contribution in [0.5, 0.6) is 0 Å². The molecule has 0 aliphatic rings. The van der Waals surface area contributed by atoms with Gasteiger partial charge in [-0.15, -0.1) is 0 Å². The molecule has 0 aliphatic heterocycles. The van der Waals surface area contributed by atoms with Crippen LogP contribution in [0.15, 0.2) is 0 Å². The van der Waals surface area contributed by atoms with Crippen LogP contribution in [0.1, 0.15) is 37.2 Å². The topological polar surface area (TPSA) is 67.2 Å². The molecule has 2 N–H and O–H groups in total. The number of nitrogens with zero attached hydrogens (tertiary/aromatic N) is 2. The van der Waals surface area contributed by atoms with Gasteiger partial charge in [0.25, 0.3) is 0 Å². The summed E-state index contributed by atoms with van der Waals surface area (Å²) >= 11 is 0. The summed E-state index contributed by atoms with van der Waals surface area (Å²) in [5.74, 6) is -0.817. The van der Waals surface area contributed by atoms with Crippen molar-refractivity contribution in [3.8, 4) is 0 Å². The summed E-state index contributed by atoms with van der Waals surface area (Å²) in [5.41, 5.74) is 2.40. The monoisotopic (exact) mass is 253 g/mol. The van der Waals surface area contributed by atoms with E-state index in [1.807, 2.05) is 32.4 Å². The fourth-order valence-electron chi connectivity index (χ4n) is 1.99. The van der Waals surface area contributed by atoms with Crippen molar-refractivity contribution < 1.29 is 9.90 Å². The molecule has 0 saturated heterocycles. The van der Waals surface area contributed by atoms with Crippen molar-refractivity contribution >= 4 is 5.97 Å². The van der Waals surface area contributed by atoms with E-state index in [9.17, 15) is 9.90 Å². The second-order valence-corrected chi connectivity index (χ2v) is 4.94. The highest BCUT2D eigenvalue weighted by molar-refractivity contribution is 5.78. The fourth-order valence-corrected chi connectivity index (χ4v) is 1.99. The number of aromatic nitrogens is 2. The molecular formula is C13H23N3O2. The van der Waals surface area contributed by atoms with E-state index in [0.29, 0.717) is 19.5 Å². The van der Waals surface area contributed by atoms with Crippen LogP contribution in [0.25, 0.3) is 0 Å². The quantitative estimate of drug-likeness (QED) is 0.809. The Morgan fingerprint density at radius 3 is 2.44 bits per heavy atom. The van der Waals surface area contributed by atoms with Gasteiger partial charge in [0, 0.05) is 12.2 Å². The normalized spacial score (nSPS) is 14.5. The average molecular weight is 253 g/mol. The number of likely N-dealkylation sites (N-methyl/N-ethyl adjacent to an activating group) is 1. The maximum atomic E-state index is 11.3. The SMILES string of the molecule is CCNC(C)(CCn1nc(C)c(C)c1C)C(=O)O. The van der Waals surface area contributed by atoms with Crippen LogP contribution in [-0.2, 0) is 11.3 Å². The number of aliphatic carboxylic acids is 1. The van der Waals surface area contributed by atoms with Crippen molar-refractivity contribution in [1.29, 1.82) is 0 Å². The van der Waals surface area contributed by atoms with Crippen LogP contribution in [0.2, 0.25) is 0 Å². The molecule has 0 saturated carbocycles. The molecule has 1 rings (SSSR count). The van der Waals surface area contributed by atoms with Gasteiger partial charge in [0.05, 0.1) is 5.69 Å². The minimum atomic E-state index is -0.894. The lowest BCUT2D eigenvalue weighted by atomic mass is 9.98. The molecule has 0 aliphatic carbocycles. The van der Waals surface area contributed by atoms with Gasteiger partial charge in [-0.05, 0) is 46.2 Å². The molecule has 1 unspecified atom stereocenters. The Bertz CT molecular complexity index is 440. The molecule has 0 amide bonds. The van der Waals surface area contributed by atoms with E-state index in [0.717, 1.165) is 11.4 Å². The first-order valence-electron chi connectivity index (χ1n) is 6.31. The van der Waals surface area contributed by atoms with Gasteiger partial charge in [-0.1, -0.05) is 6.92 Å². The summed E-state index contributed by atoms with van der Waals surface area (Å²) < 4.78 is 1.89. The second-order valence-electron chi connectivity index (χ2n) is 4.94. The number of carbonyl (C=O) groups is 1. The van der Waals surface area contributed by atoms with Gasteiger partial charge in [-0.3, -0.25) is 9.48 Å². The van der Waals surface area contributed by atoms with Crippen LogP contribution in [0.3, 0.4) is 0 Å². The second kappa shape index (κ2) is 5.52. The van der Waals surface area contributed by atoms with Gasteiger partial charge < -0.3 is 10.4 Å². The van der Waals surface area contributed by atoms with Gasteiger partial charge >= 0.3 is 5.97 Å². The number of rotatable bonds is 6. The third kappa shape index (κ3) is 2.90. The molecule has 1 aromatic heterocycles. The van der Waals surface area contributed by atoms with Crippen molar-refractivity contribution in [2.24, 2.45) is 0 Å². The fraction of sp³-hybridized carbons (Fsp3) is 0.692. The Morgan fingerprint density at radius 2 is 2.06 bits per heavy atom. The van der Waals surface area contributed by atoms with Crippen LogP contribution >= 0.6 is 0 Å². The average Bonchev–Trinajstić information content (AvgIpc) is 2.54. The van der Waals surface area contributed by atoms with Crippen molar-refractivity contribution in [2.75, 3.05) is 6.54 Å². The molecule has 0 aromatic carbocycles. The molecule has 0 bridgehead atoms. The Morgan fingerprint density at radius 1 is 1.44 bits per heavy atom. The van der Waals surface area contributed by atoms with E-state index < -0.39 is 11.5 Å². The predicted molar refractivity (Wildman–Crippen MR) is 70.8 cm³/mol. The highest BCUT2D eigenvalue weighted by atomic mass is 16.4. The number of carboxylic acid groups (broad SMARTS) is 1. The van der Waals surface area contributed by atoms with Crippen molar-refractivity contribution in [2.45, 2.75) is 53.1 Å². The van der Waals surface area contributed by atoms with Crippen LogP contribution < -0.4 is 5.32 Å². The van der Waals surface area contributed by atoms with E-state index in [1.165, 1.54) is 5.56 Å². The number of aryl methyl sites for hydroxylation is 2. The third-order valence-corrected chi connectivity index (χ3v) is 3.61. The molecular weight excluding hydrogens is 230 g/mol. The summed E-state index contributed by atoms with van der Waals surface area (Å²) in [5, 5.41) is 16.7. The predicted octanol–water partition coefficient (Wildman–Crippen LogP) is 1.65. The molecule has 5 heteroatoms. The van der Waals surface area contributed by atoms with Gasteiger partial charge in [0.1, 0.15) is 5.54 Å². The van der Waals surface area contributed by atoms with Crippen molar-refractivity contribution in [3.63, 3.8) is 0 Å². The summed E-state index contributed by atoms with van der Waals surface area (Å²) in [6.45, 7) is 10.9. The van der Waals surface area contributed by atoms with E-state index in [1.54, 1.807) is 6.92 Å². The van der Waals surface area contributed by atoms with Crippen LogP contribution in [0, 0.1) is 20.8 Å². The zero-order valence-electron chi connectivity index (χ0n) is 11.9. The maximum absolute atomic E-state index is 11.3. The first-order valence-corrected chi connectivity index (χ1v) is 6.31. The standard InChI is InChI=1S/C13H23N3O2/c1-6-14-13(5,12(17)18)7-8-16-11(4)9(2)10(3)15-16/h14H,6-8H2,1-5H3,(H,17,18). The molecule has 0 fully saturated rings. The summed E-state index contributed by atoms with van der Waals surface area (Å²) in [6, 6.07) is 0. The van der Waals surface area contributed by atoms with Gasteiger partial charge in [0.2, 0.25) is 0 Å². The molecule has 0 spiro atoms. The Hall–Kier alpha value is -1.36. The lowest BCUT2D eigenvalue weighted by molar-refractivity contribution is -0.144. The largest absolute Gasteiger partial charge is 0.480 e. The van der Waals surface area contributed by atoms with Crippen LogP contribution in [-0.4, -0.2) is 32.9 Å². The number of hydrogen-bond acceptors (Lipinski definition) is 3. The van der Waals surface area contributed by atoms with Crippen LogP contribution in [0.4, 0.5) is 0 Å². The zero-order chi connectivity index (χ0) is 13.9. The Kier molecular flexibility index (Phi) is 4.51. The van der Waals surface area contributed by atoms with Crippen molar-refractivity contribution in [3.05, 3.63) is 17.0 Å². The molecule has 0 radical (unpaired) electrons. The van der Waals surface area contributed by atoms with Gasteiger partial charge in [-0.2, -0.15) is 5.10 Å². The molecule has 102 valence electrons. The number of carboxylic acids is 1. The molecule has 1 heterocycles. The Balaban J connectivity index is 2.79. The highest BCUT2D eigenvalue weighted by Gasteiger charge is 2.31. The lowest BCUT2D eigenvalue weighted by Crippen LogP contribution is -2.50. The van der Waals surface area contributed by atoms with E-state index in [2.05, 4.69) is 10.4 Å². The summed E-state index contributed by atoms with van der Waals surface area (Å²) in [6.07, 6.45) is 0.511. The van der Waals surface area contributed by atoms with E-state index >= 15 is 0 Å². The number of hydrogen-bond donors (Lipinski definition) is 2. The molecule has 5 nitrogen and oxygen atoms in total. The lowest BCUT2D eigenvalue weighted by Gasteiger charge is -2.25. The third-order valence-electron chi connectivity index (χ3n) is 3.61. The number of nitrogens with one attached hydrogen (secondary N) is 1. The smallest absolute Gasteiger partial charge is 0.323 e. The maximum Gasteiger partial charge on any atom is 0.323 e. The summed E-state index contributed by atoms with van der Waals surface area (Å²) in [4.78, 5) is 11.3. The first-order chi connectivity index (χ1) is 8.31.